The molecule has 0 aromatic carbocycles. The van der Waals surface area contributed by atoms with Crippen molar-refractivity contribution in [1.82, 2.24) is 4.90 Å². The van der Waals surface area contributed by atoms with Crippen LogP contribution in [-0.4, -0.2) is 37.2 Å². The molecule has 0 spiro atoms. The van der Waals surface area contributed by atoms with Gasteiger partial charge in [0.1, 0.15) is 6.23 Å². The van der Waals surface area contributed by atoms with Crippen molar-refractivity contribution >= 4 is 14.4 Å². The lowest BCUT2D eigenvalue weighted by Gasteiger charge is -2.41. The van der Waals surface area contributed by atoms with Crippen LogP contribution in [-0.2, 0) is 4.43 Å². The van der Waals surface area contributed by atoms with E-state index in [1.54, 1.807) is 0 Å². The summed E-state index contributed by atoms with van der Waals surface area (Å²) in [6.07, 6.45) is -0.199. The van der Waals surface area contributed by atoms with Gasteiger partial charge in [0.15, 0.2) is 8.32 Å². The second kappa shape index (κ2) is 3.06. The van der Waals surface area contributed by atoms with Gasteiger partial charge in [-0.25, -0.2) is 4.79 Å². The minimum atomic E-state index is -1.58. The number of nitrogens with zero attached hydrogens (tertiary/aromatic N) is 1. The first kappa shape index (κ1) is 9.53. The molecule has 1 aliphatic rings. The Morgan fingerprint density at radius 2 is 2.17 bits per heavy atom. The Kier molecular flexibility index (Phi) is 2.43. The summed E-state index contributed by atoms with van der Waals surface area (Å²) in [5, 5.41) is 8.66. The summed E-state index contributed by atoms with van der Waals surface area (Å²) in [5.41, 5.74) is 0. The van der Waals surface area contributed by atoms with Crippen molar-refractivity contribution in [2.45, 2.75) is 32.3 Å². The second-order valence-electron chi connectivity index (χ2n) is 3.95. The Balaban J connectivity index is 2.40. The van der Waals surface area contributed by atoms with Gasteiger partial charge in [-0.15, -0.1) is 0 Å². The van der Waals surface area contributed by atoms with Gasteiger partial charge < -0.3 is 9.53 Å². The van der Waals surface area contributed by atoms with E-state index in [1.165, 1.54) is 4.90 Å². The number of hydrogen-bond donors (Lipinski definition) is 1. The topological polar surface area (TPSA) is 49.8 Å². The van der Waals surface area contributed by atoms with Crippen molar-refractivity contribution in [3.63, 3.8) is 0 Å². The smallest absolute Gasteiger partial charge is 0.409 e. The highest BCUT2D eigenvalue weighted by molar-refractivity contribution is 6.69. The molecule has 1 atom stereocenters. The third-order valence-electron chi connectivity index (χ3n) is 1.70. The summed E-state index contributed by atoms with van der Waals surface area (Å²) in [7, 11) is -1.58. The fourth-order valence-electron chi connectivity index (χ4n) is 1.11. The molecule has 1 heterocycles. The highest BCUT2D eigenvalue weighted by Gasteiger charge is 2.35. The van der Waals surface area contributed by atoms with E-state index in [1.807, 2.05) is 0 Å². The van der Waals surface area contributed by atoms with Gasteiger partial charge in [0.25, 0.3) is 0 Å². The first-order valence-corrected chi connectivity index (χ1v) is 7.48. The van der Waals surface area contributed by atoms with Crippen molar-refractivity contribution in [2.24, 2.45) is 0 Å². The normalized spacial score (nSPS) is 23.6. The quantitative estimate of drug-likeness (QED) is 0.670. The molecule has 0 aliphatic carbocycles. The van der Waals surface area contributed by atoms with Gasteiger partial charge >= 0.3 is 6.09 Å². The molecule has 0 aromatic heterocycles. The maximum absolute atomic E-state index is 10.5. The molecule has 1 rings (SSSR count). The van der Waals surface area contributed by atoms with Crippen molar-refractivity contribution in [2.75, 3.05) is 6.54 Å². The van der Waals surface area contributed by atoms with E-state index in [2.05, 4.69) is 19.6 Å². The second-order valence-corrected chi connectivity index (χ2v) is 8.41. The Hall–Kier alpha value is -0.553. The van der Waals surface area contributed by atoms with Crippen LogP contribution in [0.1, 0.15) is 6.42 Å². The van der Waals surface area contributed by atoms with Crippen molar-refractivity contribution in [3.8, 4) is 0 Å². The SMILES string of the molecule is C[Si](C)(C)OC1CCN1C(=O)O. The zero-order chi connectivity index (χ0) is 9.35. The van der Waals surface area contributed by atoms with Gasteiger partial charge in [0, 0.05) is 13.0 Å². The molecule has 0 radical (unpaired) electrons. The standard InChI is InChI=1S/C7H15NO3Si/c1-12(2,3)11-6-4-5-8(6)7(9)10/h6H,4-5H2,1-3H3,(H,9,10). The number of carboxylic acid groups (broad SMARTS) is 1. The van der Waals surface area contributed by atoms with Crippen molar-refractivity contribution in [3.05, 3.63) is 0 Å². The highest BCUT2D eigenvalue weighted by Crippen LogP contribution is 2.22. The fraction of sp³-hybridized carbons (Fsp3) is 0.857. The zero-order valence-electron chi connectivity index (χ0n) is 7.70. The van der Waals surface area contributed by atoms with E-state index in [9.17, 15) is 4.79 Å². The predicted molar refractivity (Wildman–Crippen MR) is 47.6 cm³/mol. The maximum Gasteiger partial charge on any atom is 0.409 e. The number of carbonyl (C=O) groups is 1. The average Bonchev–Trinajstić information content (AvgIpc) is 1.77. The molecule has 5 heteroatoms. The number of likely N-dealkylation sites (tertiary alicyclic amines) is 1. The molecule has 4 nitrogen and oxygen atoms in total. The van der Waals surface area contributed by atoms with E-state index in [4.69, 9.17) is 9.53 Å². The highest BCUT2D eigenvalue weighted by atomic mass is 28.4. The molecule has 1 fully saturated rings. The molecule has 0 aromatic rings. The number of hydrogen-bond acceptors (Lipinski definition) is 2. The fourth-order valence-corrected chi connectivity index (χ4v) is 2.17. The minimum absolute atomic E-state index is 0.172. The van der Waals surface area contributed by atoms with E-state index in [-0.39, 0.29) is 6.23 Å². The molecule has 1 unspecified atom stereocenters. The molecule has 12 heavy (non-hydrogen) atoms. The van der Waals surface area contributed by atoms with Crippen LogP contribution in [0.25, 0.3) is 0 Å². The molecule has 1 N–H and O–H groups in total. The zero-order valence-corrected chi connectivity index (χ0v) is 8.70. The molecule has 0 bridgehead atoms. The van der Waals surface area contributed by atoms with Crippen molar-refractivity contribution in [1.29, 1.82) is 0 Å². The average molecular weight is 189 g/mol. The van der Waals surface area contributed by atoms with E-state index in [0.29, 0.717) is 6.54 Å². The summed E-state index contributed by atoms with van der Waals surface area (Å²) in [6.45, 7) is 6.80. The van der Waals surface area contributed by atoms with Crippen LogP contribution in [0.5, 0.6) is 0 Å². The molecular weight excluding hydrogens is 174 g/mol. The van der Waals surface area contributed by atoms with Gasteiger partial charge in [-0.05, 0) is 19.6 Å². The monoisotopic (exact) mass is 189 g/mol. The largest absolute Gasteiger partial charge is 0.465 e. The first-order chi connectivity index (χ1) is 5.40. The third kappa shape index (κ3) is 2.21. The Labute approximate surface area is 73.3 Å². The van der Waals surface area contributed by atoms with Crippen LogP contribution in [0.4, 0.5) is 4.79 Å². The lowest BCUT2D eigenvalue weighted by Crippen LogP contribution is -2.55. The van der Waals surface area contributed by atoms with Gasteiger partial charge in [-0.1, -0.05) is 0 Å². The van der Waals surface area contributed by atoms with Crippen LogP contribution in [0, 0.1) is 0 Å². The Morgan fingerprint density at radius 3 is 2.42 bits per heavy atom. The van der Waals surface area contributed by atoms with Crippen LogP contribution < -0.4 is 0 Å². The van der Waals surface area contributed by atoms with E-state index in [0.717, 1.165) is 6.42 Å². The van der Waals surface area contributed by atoms with E-state index >= 15 is 0 Å². The van der Waals surface area contributed by atoms with Crippen LogP contribution in [0.3, 0.4) is 0 Å². The Bertz CT molecular complexity index is 190. The molecule has 0 saturated carbocycles. The van der Waals surface area contributed by atoms with E-state index < -0.39 is 14.4 Å². The molecule has 70 valence electrons. The van der Waals surface area contributed by atoms with Gasteiger partial charge in [0.05, 0.1) is 0 Å². The summed E-state index contributed by atoms with van der Waals surface area (Å²) in [4.78, 5) is 11.9. The van der Waals surface area contributed by atoms with Crippen molar-refractivity contribution < 1.29 is 14.3 Å². The molecule has 1 saturated heterocycles. The number of rotatable bonds is 2. The van der Waals surface area contributed by atoms with Gasteiger partial charge in [-0.3, -0.25) is 4.90 Å². The summed E-state index contributed by atoms with van der Waals surface area (Å²) < 4.78 is 5.63. The first-order valence-electron chi connectivity index (χ1n) is 4.07. The predicted octanol–water partition coefficient (Wildman–Crippen LogP) is 1.55. The third-order valence-corrected chi connectivity index (χ3v) is 2.68. The summed E-state index contributed by atoms with van der Waals surface area (Å²) in [6, 6.07) is 0. The molecular formula is C7H15NO3Si. The number of amides is 1. The van der Waals surface area contributed by atoms with Crippen LogP contribution >= 0.6 is 0 Å². The lowest BCUT2D eigenvalue weighted by molar-refractivity contribution is -0.0423. The summed E-state index contributed by atoms with van der Waals surface area (Å²) in [5.74, 6) is 0. The maximum atomic E-state index is 10.5. The Morgan fingerprint density at radius 1 is 1.58 bits per heavy atom. The van der Waals surface area contributed by atoms with Gasteiger partial charge in [-0.2, -0.15) is 0 Å². The molecule has 1 amide bonds. The molecule has 1 aliphatic heterocycles. The lowest BCUT2D eigenvalue weighted by atomic mass is 10.2. The van der Waals surface area contributed by atoms with Gasteiger partial charge in [0.2, 0.25) is 0 Å². The minimum Gasteiger partial charge on any atom is -0.465 e. The van der Waals surface area contributed by atoms with Crippen LogP contribution in [0.15, 0.2) is 0 Å². The van der Waals surface area contributed by atoms with Crippen LogP contribution in [0.2, 0.25) is 19.6 Å². The summed E-state index contributed by atoms with van der Waals surface area (Å²) >= 11 is 0.